The van der Waals surface area contributed by atoms with Crippen molar-refractivity contribution in [1.82, 2.24) is 9.88 Å². The Morgan fingerprint density at radius 2 is 1.80 bits per heavy atom. The van der Waals surface area contributed by atoms with Crippen molar-refractivity contribution >= 4 is 39.8 Å². The van der Waals surface area contributed by atoms with Gasteiger partial charge in [0.25, 0.3) is 0 Å². The number of benzene rings is 3. The Labute approximate surface area is 213 Å². The molecule has 5 nitrogen and oxygen atoms in total. The lowest BCUT2D eigenvalue weighted by Crippen LogP contribution is -2.48. The van der Waals surface area contributed by atoms with E-state index in [0.717, 1.165) is 35.2 Å². The van der Waals surface area contributed by atoms with Gasteiger partial charge in [0, 0.05) is 54.0 Å². The van der Waals surface area contributed by atoms with Gasteiger partial charge in [-0.25, -0.2) is 4.39 Å². The van der Waals surface area contributed by atoms with Gasteiger partial charge >= 0.3 is 0 Å². The van der Waals surface area contributed by atoms with Crippen LogP contribution in [0.25, 0.3) is 10.9 Å². The quantitative estimate of drug-likeness (QED) is 0.340. The van der Waals surface area contributed by atoms with Crippen LogP contribution in [0.4, 0.5) is 10.1 Å². The highest BCUT2D eigenvalue weighted by Crippen LogP contribution is 2.41. The number of ether oxygens (including phenoxy) is 1. The Bertz CT molecular complexity index is 1380. The molecule has 0 aliphatic carbocycles. The fraction of sp³-hybridized carbons (Fsp3) is 0.222. The van der Waals surface area contributed by atoms with Crippen LogP contribution in [-0.4, -0.2) is 48.3 Å². The van der Waals surface area contributed by atoms with Crippen LogP contribution >= 0.6 is 23.2 Å². The van der Waals surface area contributed by atoms with Crippen LogP contribution in [0.1, 0.15) is 17.2 Å². The van der Waals surface area contributed by atoms with Crippen molar-refractivity contribution in [2.45, 2.75) is 6.04 Å². The van der Waals surface area contributed by atoms with Crippen LogP contribution in [0, 0.1) is 5.82 Å². The minimum Gasteiger partial charge on any atom is -0.504 e. The van der Waals surface area contributed by atoms with E-state index in [-0.39, 0.29) is 16.8 Å². The third-order valence-corrected chi connectivity index (χ3v) is 7.03. The molecule has 8 heteroatoms. The van der Waals surface area contributed by atoms with Crippen molar-refractivity contribution in [1.29, 1.82) is 0 Å². The predicted molar refractivity (Wildman–Crippen MR) is 138 cm³/mol. The molecule has 1 aliphatic rings. The molecule has 0 bridgehead atoms. The number of hydrogen-bond acceptors (Lipinski definition) is 5. The number of anilines is 1. The summed E-state index contributed by atoms with van der Waals surface area (Å²) in [4.78, 5) is 9.06. The van der Waals surface area contributed by atoms with Crippen molar-refractivity contribution in [3.8, 4) is 11.5 Å². The van der Waals surface area contributed by atoms with Crippen molar-refractivity contribution < 1.29 is 14.2 Å². The number of para-hydroxylation sites is 1. The molecule has 35 heavy (non-hydrogen) atoms. The minimum atomic E-state index is -0.474. The van der Waals surface area contributed by atoms with E-state index in [1.807, 2.05) is 36.4 Å². The summed E-state index contributed by atoms with van der Waals surface area (Å²) in [6, 6.07) is 17.6. The number of fused-ring (bicyclic) bond motifs is 1. The molecule has 2 heterocycles. The van der Waals surface area contributed by atoms with Crippen molar-refractivity contribution in [3.63, 3.8) is 0 Å². The number of methoxy groups -OCH3 is 1. The summed E-state index contributed by atoms with van der Waals surface area (Å²) < 4.78 is 19.3. The Morgan fingerprint density at radius 1 is 1.00 bits per heavy atom. The van der Waals surface area contributed by atoms with Crippen LogP contribution in [0.3, 0.4) is 0 Å². The fourth-order valence-electron chi connectivity index (χ4n) is 4.80. The van der Waals surface area contributed by atoms with Gasteiger partial charge in [-0.05, 0) is 48.0 Å². The Kier molecular flexibility index (Phi) is 6.69. The van der Waals surface area contributed by atoms with Crippen LogP contribution in [0.15, 0.2) is 66.9 Å². The molecule has 1 fully saturated rings. The van der Waals surface area contributed by atoms with Gasteiger partial charge < -0.3 is 14.7 Å². The number of aromatic hydroxyl groups is 1. The first kappa shape index (κ1) is 23.7. The van der Waals surface area contributed by atoms with Gasteiger partial charge in [-0.1, -0.05) is 41.4 Å². The number of pyridine rings is 1. The van der Waals surface area contributed by atoms with Gasteiger partial charge in [0.2, 0.25) is 0 Å². The van der Waals surface area contributed by atoms with Gasteiger partial charge in [0.05, 0.1) is 23.7 Å². The smallest absolute Gasteiger partial charge is 0.162 e. The topological polar surface area (TPSA) is 48.8 Å². The first-order valence-electron chi connectivity index (χ1n) is 11.3. The maximum absolute atomic E-state index is 14.0. The van der Waals surface area contributed by atoms with Gasteiger partial charge in [0.1, 0.15) is 5.82 Å². The third kappa shape index (κ3) is 4.61. The van der Waals surface area contributed by atoms with Crippen LogP contribution < -0.4 is 9.64 Å². The predicted octanol–water partition coefficient (Wildman–Crippen LogP) is 6.31. The minimum absolute atomic E-state index is 0.0513. The molecule has 0 spiro atoms. The summed E-state index contributed by atoms with van der Waals surface area (Å²) in [5.41, 5.74) is 3.45. The second-order valence-electron chi connectivity index (χ2n) is 8.49. The molecule has 4 aromatic rings. The average molecular weight is 512 g/mol. The highest BCUT2D eigenvalue weighted by Gasteiger charge is 2.30. The van der Waals surface area contributed by atoms with Crippen LogP contribution in [0.5, 0.6) is 11.5 Å². The number of phenols is 1. The number of nitrogens with zero attached hydrogens (tertiary/aromatic N) is 3. The van der Waals surface area contributed by atoms with Gasteiger partial charge in [-0.2, -0.15) is 0 Å². The molecule has 0 saturated carbocycles. The molecule has 1 atom stereocenters. The standard InChI is InChI=1S/C27H24Cl2FN3O2/c1-35-25-4-2-3-20(27(25)34)26(17-5-8-22(30)21(29)15-17)33-13-11-32(12-14-33)24-9-10-31-23-16-18(28)6-7-19(23)24/h2-10,15-16,26,34H,11-14H2,1H3. The Balaban J connectivity index is 1.47. The molecule has 1 unspecified atom stereocenters. The zero-order valence-electron chi connectivity index (χ0n) is 19.1. The molecule has 3 aromatic carbocycles. The van der Waals surface area contributed by atoms with Crippen molar-refractivity contribution in [2.75, 3.05) is 38.2 Å². The van der Waals surface area contributed by atoms with Crippen molar-refractivity contribution in [3.05, 3.63) is 93.8 Å². The molecule has 1 N–H and O–H groups in total. The molecule has 1 saturated heterocycles. The summed E-state index contributed by atoms with van der Waals surface area (Å²) in [5.74, 6) is -0.0142. The lowest BCUT2D eigenvalue weighted by atomic mass is 9.95. The van der Waals surface area contributed by atoms with E-state index in [4.69, 9.17) is 27.9 Å². The maximum Gasteiger partial charge on any atom is 0.162 e. The van der Waals surface area contributed by atoms with E-state index in [1.54, 1.807) is 24.4 Å². The second-order valence-corrected chi connectivity index (χ2v) is 9.33. The molecule has 5 rings (SSSR count). The van der Waals surface area contributed by atoms with E-state index < -0.39 is 5.82 Å². The zero-order valence-corrected chi connectivity index (χ0v) is 20.6. The van der Waals surface area contributed by atoms with E-state index in [1.165, 1.54) is 13.2 Å². The molecule has 180 valence electrons. The first-order chi connectivity index (χ1) is 17.0. The summed E-state index contributed by atoms with van der Waals surface area (Å²) in [6.45, 7) is 2.96. The molecule has 0 amide bonds. The SMILES string of the molecule is COc1cccc(C(c2ccc(F)c(Cl)c2)N2CCN(c3ccnc4cc(Cl)ccc34)CC2)c1O. The first-order valence-corrected chi connectivity index (χ1v) is 12.1. The number of phenolic OH excluding ortho intramolecular Hbond substituents is 1. The largest absolute Gasteiger partial charge is 0.504 e. The highest BCUT2D eigenvalue weighted by molar-refractivity contribution is 6.31. The number of aromatic nitrogens is 1. The Hall–Kier alpha value is -3.06. The molecular formula is C27H24Cl2FN3O2. The van der Waals surface area contributed by atoms with E-state index in [9.17, 15) is 9.50 Å². The molecule has 1 aromatic heterocycles. The summed E-state index contributed by atoms with van der Waals surface area (Å²) >= 11 is 12.3. The summed E-state index contributed by atoms with van der Waals surface area (Å²) in [7, 11) is 1.52. The normalized spacial score (nSPS) is 15.4. The van der Waals surface area contributed by atoms with Gasteiger partial charge in [-0.3, -0.25) is 9.88 Å². The number of rotatable bonds is 5. The third-order valence-electron chi connectivity index (χ3n) is 6.51. The zero-order chi connectivity index (χ0) is 24.5. The lowest BCUT2D eigenvalue weighted by Gasteiger charge is -2.41. The molecule has 0 radical (unpaired) electrons. The van der Waals surface area contributed by atoms with Gasteiger partial charge in [-0.15, -0.1) is 0 Å². The molecular weight excluding hydrogens is 488 g/mol. The monoisotopic (exact) mass is 511 g/mol. The number of halogens is 3. The number of hydrogen-bond donors (Lipinski definition) is 1. The summed E-state index contributed by atoms with van der Waals surface area (Å²) in [6.07, 6.45) is 1.80. The van der Waals surface area contributed by atoms with Gasteiger partial charge in [0.15, 0.2) is 11.5 Å². The highest BCUT2D eigenvalue weighted by atomic mass is 35.5. The van der Waals surface area contributed by atoms with Crippen LogP contribution in [0.2, 0.25) is 10.0 Å². The average Bonchev–Trinajstić information content (AvgIpc) is 2.87. The lowest BCUT2D eigenvalue weighted by molar-refractivity contribution is 0.208. The summed E-state index contributed by atoms with van der Waals surface area (Å²) in [5, 5.41) is 12.7. The molecule has 1 aliphatic heterocycles. The number of piperazine rings is 1. The maximum atomic E-state index is 14.0. The van der Waals surface area contributed by atoms with E-state index in [0.29, 0.717) is 29.4 Å². The Morgan fingerprint density at radius 3 is 2.54 bits per heavy atom. The van der Waals surface area contributed by atoms with Crippen LogP contribution in [-0.2, 0) is 0 Å². The van der Waals surface area contributed by atoms with Crippen molar-refractivity contribution in [2.24, 2.45) is 0 Å². The fourth-order valence-corrected chi connectivity index (χ4v) is 5.15. The van der Waals surface area contributed by atoms with E-state index >= 15 is 0 Å². The van der Waals surface area contributed by atoms with E-state index in [2.05, 4.69) is 14.8 Å². The second kappa shape index (κ2) is 9.90.